The van der Waals surface area contributed by atoms with E-state index in [1.807, 2.05) is 49.4 Å². The monoisotopic (exact) mass is 583 g/mol. The maximum Gasteiger partial charge on any atom is 0.255 e. The molecule has 1 saturated carbocycles. The van der Waals surface area contributed by atoms with E-state index in [4.69, 9.17) is 4.74 Å². The molecule has 3 N–H and O–H groups in total. The van der Waals surface area contributed by atoms with Crippen molar-refractivity contribution in [3.05, 3.63) is 70.9 Å². The van der Waals surface area contributed by atoms with Crippen molar-refractivity contribution >= 4 is 45.0 Å². The third-order valence-electron chi connectivity index (χ3n) is 7.93. The quantitative estimate of drug-likeness (QED) is 0.359. The molecule has 2 aliphatic heterocycles. The maximum atomic E-state index is 13.1. The number of ether oxygens (including phenoxy) is 1. The Bertz CT molecular complexity index is 1580. The van der Waals surface area contributed by atoms with Crippen LogP contribution in [0.1, 0.15) is 40.0 Å². The predicted molar refractivity (Wildman–Crippen MR) is 164 cm³/mol. The SMILES string of the molecule is Cc1ccc(OC2C=Cc3nc(NC(=O)CN4CCN(C)CC4)sc3N2)cc1NC(=O)c1cccc(C2(C#N)CC2)c1. The highest BCUT2D eigenvalue weighted by atomic mass is 32.1. The third kappa shape index (κ3) is 6.16. The third-order valence-corrected chi connectivity index (χ3v) is 8.84. The second-order valence-corrected chi connectivity index (χ2v) is 12.1. The summed E-state index contributed by atoms with van der Waals surface area (Å²) in [7, 11) is 2.09. The Morgan fingerprint density at radius 2 is 1.98 bits per heavy atom. The number of nitriles is 1. The molecule has 1 saturated heterocycles. The van der Waals surface area contributed by atoms with Gasteiger partial charge in [-0.3, -0.25) is 14.5 Å². The topological polar surface area (TPSA) is 123 Å². The highest BCUT2D eigenvalue weighted by Gasteiger charge is 2.45. The van der Waals surface area contributed by atoms with Crippen molar-refractivity contribution in [1.29, 1.82) is 5.26 Å². The lowest BCUT2D eigenvalue weighted by Gasteiger charge is -2.31. The second kappa shape index (κ2) is 11.6. The molecular formula is C31H33N7O3S. The standard InChI is InChI=1S/C31H33N7O3S/c1-20-6-7-23(17-25(20)33-28(40)21-4-3-5-22(16-21)31(19-32)10-11-31)41-27-9-8-24-29(36-27)42-30(34-24)35-26(39)18-38-14-12-37(2)13-15-38/h3-9,16-17,27,36H,10-15,18H2,1-2H3,(H,33,40)(H,34,35,39). The number of nitrogens with one attached hydrogen (secondary N) is 3. The molecule has 1 atom stereocenters. The number of hydrogen-bond acceptors (Lipinski definition) is 9. The number of aromatic nitrogens is 1. The Balaban J connectivity index is 1.06. The summed E-state index contributed by atoms with van der Waals surface area (Å²) in [6.45, 7) is 5.95. The minimum Gasteiger partial charge on any atom is -0.467 e. The van der Waals surface area contributed by atoms with Gasteiger partial charge in [-0.05, 0) is 68.3 Å². The van der Waals surface area contributed by atoms with Crippen LogP contribution >= 0.6 is 11.3 Å². The average Bonchev–Trinajstić information content (AvgIpc) is 3.69. The minimum absolute atomic E-state index is 0.0690. The number of likely N-dealkylation sites (N-methyl/N-ethyl adjacent to an activating group) is 1. The second-order valence-electron chi connectivity index (χ2n) is 11.1. The largest absolute Gasteiger partial charge is 0.467 e. The first-order valence-electron chi connectivity index (χ1n) is 14.1. The van der Waals surface area contributed by atoms with Crippen molar-refractivity contribution in [2.24, 2.45) is 0 Å². The average molecular weight is 584 g/mol. The summed E-state index contributed by atoms with van der Waals surface area (Å²) < 4.78 is 6.18. The Morgan fingerprint density at radius 3 is 2.74 bits per heavy atom. The van der Waals surface area contributed by atoms with Crippen molar-refractivity contribution in [1.82, 2.24) is 14.8 Å². The zero-order chi connectivity index (χ0) is 29.3. The van der Waals surface area contributed by atoms with Gasteiger partial charge in [-0.15, -0.1) is 0 Å². The van der Waals surface area contributed by atoms with Crippen LogP contribution in [0.5, 0.6) is 5.75 Å². The van der Waals surface area contributed by atoms with E-state index in [2.05, 4.69) is 43.9 Å². The number of thiazole rings is 1. The van der Waals surface area contributed by atoms with Gasteiger partial charge in [0.05, 0.1) is 23.7 Å². The van der Waals surface area contributed by atoms with Crippen LogP contribution in [-0.4, -0.2) is 72.6 Å². The van der Waals surface area contributed by atoms with Gasteiger partial charge >= 0.3 is 0 Å². The molecule has 3 aromatic rings. The van der Waals surface area contributed by atoms with Crippen molar-refractivity contribution in [2.75, 3.05) is 55.7 Å². The van der Waals surface area contributed by atoms with Crippen LogP contribution in [0.3, 0.4) is 0 Å². The molecule has 1 unspecified atom stereocenters. The van der Waals surface area contributed by atoms with Gasteiger partial charge in [0.2, 0.25) is 5.91 Å². The molecule has 216 valence electrons. The number of nitrogens with zero attached hydrogens (tertiary/aromatic N) is 4. The first kappa shape index (κ1) is 27.9. The summed E-state index contributed by atoms with van der Waals surface area (Å²) in [6, 6.07) is 15.3. The Hall–Kier alpha value is -4.24. The maximum absolute atomic E-state index is 13.1. The zero-order valence-electron chi connectivity index (χ0n) is 23.6. The summed E-state index contributed by atoms with van der Waals surface area (Å²) in [4.78, 5) is 34.6. The summed E-state index contributed by atoms with van der Waals surface area (Å²) in [5, 5.41) is 20.1. The van der Waals surface area contributed by atoms with Gasteiger partial charge in [0.25, 0.3) is 5.91 Å². The molecule has 2 aromatic carbocycles. The van der Waals surface area contributed by atoms with Crippen LogP contribution in [-0.2, 0) is 10.2 Å². The summed E-state index contributed by atoms with van der Waals surface area (Å²) in [5.74, 6) is 0.278. The molecule has 42 heavy (non-hydrogen) atoms. The summed E-state index contributed by atoms with van der Waals surface area (Å²) in [6.07, 6.45) is 4.94. The fourth-order valence-corrected chi connectivity index (χ4v) is 5.99. The molecule has 1 aliphatic carbocycles. The molecular weight excluding hydrogens is 550 g/mol. The number of piperazine rings is 1. The Labute approximate surface area is 249 Å². The summed E-state index contributed by atoms with van der Waals surface area (Å²) in [5.41, 5.74) is 3.25. The number of rotatable bonds is 8. The van der Waals surface area contributed by atoms with Gasteiger partial charge in [-0.25, -0.2) is 4.98 Å². The lowest BCUT2D eigenvalue weighted by Crippen LogP contribution is -2.47. The molecule has 2 amide bonds. The fourth-order valence-electron chi connectivity index (χ4n) is 5.09. The van der Waals surface area contributed by atoms with E-state index in [1.54, 1.807) is 12.1 Å². The van der Waals surface area contributed by atoms with Crippen LogP contribution in [0.15, 0.2) is 48.5 Å². The van der Waals surface area contributed by atoms with Gasteiger partial charge in [0.1, 0.15) is 10.8 Å². The molecule has 2 fully saturated rings. The lowest BCUT2D eigenvalue weighted by molar-refractivity contribution is -0.117. The Kier molecular flexibility index (Phi) is 7.68. The van der Waals surface area contributed by atoms with Crippen LogP contribution in [0.25, 0.3) is 6.08 Å². The van der Waals surface area contributed by atoms with Gasteiger partial charge in [0.15, 0.2) is 11.4 Å². The lowest BCUT2D eigenvalue weighted by atomic mass is 9.96. The molecule has 0 radical (unpaired) electrons. The van der Waals surface area contributed by atoms with Crippen molar-refractivity contribution in [3.8, 4) is 11.8 Å². The molecule has 11 heteroatoms. The van der Waals surface area contributed by atoms with Gasteiger partial charge in [-0.2, -0.15) is 5.26 Å². The van der Waals surface area contributed by atoms with E-state index >= 15 is 0 Å². The number of benzene rings is 2. The van der Waals surface area contributed by atoms with Crippen LogP contribution in [0.2, 0.25) is 0 Å². The highest BCUT2D eigenvalue weighted by Crippen LogP contribution is 2.47. The fraction of sp³-hybridized carbons (Fsp3) is 0.355. The number of fused-ring (bicyclic) bond motifs is 1. The molecule has 6 rings (SSSR count). The number of anilines is 3. The Morgan fingerprint density at radius 1 is 1.17 bits per heavy atom. The van der Waals surface area contributed by atoms with Crippen LogP contribution in [0, 0.1) is 18.3 Å². The molecule has 1 aromatic heterocycles. The van der Waals surface area contributed by atoms with E-state index in [9.17, 15) is 14.9 Å². The highest BCUT2D eigenvalue weighted by molar-refractivity contribution is 7.19. The van der Waals surface area contributed by atoms with E-state index in [0.29, 0.717) is 28.7 Å². The molecule has 10 nitrogen and oxygen atoms in total. The molecule has 3 aliphatic rings. The molecule has 3 heterocycles. The minimum atomic E-state index is -0.449. The van der Waals surface area contributed by atoms with Crippen LogP contribution < -0.4 is 20.7 Å². The van der Waals surface area contributed by atoms with Crippen molar-refractivity contribution in [2.45, 2.75) is 31.4 Å². The van der Waals surface area contributed by atoms with E-state index in [1.165, 1.54) is 11.3 Å². The van der Waals surface area contributed by atoms with Crippen molar-refractivity contribution in [3.63, 3.8) is 0 Å². The summed E-state index contributed by atoms with van der Waals surface area (Å²) >= 11 is 1.37. The number of hydrogen-bond donors (Lipinski definition) is 3. The van der Waals surface area contributed by atoms with E-state index in [0.717, 1.165) is 60.8 Å². The zero-order valence-corrected chi connectivity index (χ0v) is 24.5. The predicted octanol–water partition coefficient (Wildman–Crippen LogP) is 4.29. The van der Waals surface area contributed by atoms with Crippen LogP contribution in [0.4, 0.5) is 15.8 Å². The number of carbonyl (C=O) groups excluding carboxylic acids is 2. The first-order valence-corrected chi connectivity index (χ1v) is 14.9. The van der Waals surface area contributed by atoms with E-state index < -0.39 is 11.6 Å². The molecule has 0 spiro atoms. The van der Waals surface area contributed by atoms with Gasteiger partial charge < -0.3 is 25.6 Å². The van der Waals surface area contributed by atoms with Gasteiger partial charge in [-0.1, -0.05) is 29.5 Å². The van der Waals surface area contributed by atoms with E-state index in [-0.39, 0.29) is 11.8 Å². The molecule has 0 bridgehead atoms. The van der Waals surface area contributed by atoms with Gasteiger partial charge in [0, 0.05) is 43.5 Å². The number of carbonyl (C=O) groups is 2. The number of aryl methyl sites for hydroxylation is 1. The normalized spacial score (nSPS) is 19.2. The van der Waals surface area contributed by atoms with Crippen molar-refractivity contribution < 1.29 is 14.3 Å². The first-order chi connectivity index (χ1) is 20.3. The smallest absolute Gasteiger partial charge is 0.255 e. The number of amides is 2.